The van der Waals surface area contributed by atoms with E-state index < -0.39 is 0 Å². The molecule has 1 N–H and O–H groups in total. The van der Waals surface area contributed by atoms with E-state index in [0.29, 0.717) is 12.5 Å². The van der Waals surface area contributed by atoms with Crippen LogP contribution in [0.1, 0.15) is 40.5 Å². The Hall–Kier alpha value is -0.770. The highest BCUT2D eigenvalue weighted by atomic mass is 16.5. The minimum Gasteiger partial charge on any atom is -0.449 e. The number of rotatable bonds is 3. The van der Waals surface area contributed by atoms with Crippen LogP contribution < -0.4 is 5.32 Å². The molecular formula is C13H26N2O2. The minimum absolute atomic E-state index is 0.220. The van der Waals surface area contributed by atoms with Crippen LogP contribution in [0.2, 0.25) is 0 Å². The zero-order valence-corrected chi connectivity index (χ0v) is 11.6. The van der Waals surface area contributed by atoms with Gasteiger partial charge in [0.15, 0.2) is 0 Å². The molecule has 100 valence electrons. The van der Waals surface area contributed by atoms with Crippen molar-refractivity contribution in [1.29, 1.82) is 0 Å². The van der Waals surface area contributed by atoms with Crippen molar-refractivity contribution in [3.63, 3.8) is 0 Å². The average molecular weight is 242 g/mol. The molecule has 17 heavy (non-hydrogen) atoms. The zero-order valence-electron chi connectivity index (χ0n) is 11.6. The predicted octanol–water partition coefficient (Wildman–Crippen LogP) is 2.24. The summed E-state index contributed by atoms with van der Waals surface area (Å²) in [5.41, 5.74) is -0.220. The van der Waals surface area contributed by atoms with E-state index in [4.69, 9.17) is 4.74 Å². The predicted molar refractivity (Wildman–Crippen MR) is 69.1 cm³/mol. The smallest absolute Gasteiger partial charge is 0.407 e. The third-order valence-corrected chi connectivity index (χ3v) is 3.08. The number of nitrogens with one attached hydrogen (secondary N) is 1. The summed E-state index contributed by atoms with van der Waals surface area (Å²) in [5.74, 6) is 0.531. The summed E-state index contributed by atoms with van der Waals surface area (Å²) in [7, 11) is 0. The maximum absolute atomic E-state index is 11.5. The van der Waals surface area contributed by atoms with Gasteiger partial charge in [0, 0.05) is 5.54 Å². The van der Waals surface area contributed by atoms with Crippen molar-refractivity contribution in [3.8, 4) is 0 Å². The Labute approximate surface area is 105 Å². The maximum atomic E-state index is 11.5. The number of piperidine rings is 1. The Kier molecular flexibility index (Phi) is 5.25. The lowest BCUT2D eigenvalue weighted by molar-refractivity contribution is 0.0932. The van der Waals surface area contributed by atoms with Crippen LogP contribution in [0.25, 0.3) is 0 Å². The molecule has 0 atom stereocenters. The van der Waals surface area contributed by atoms with Crippen molar-refractivity contribution >= 4 is 6.09 Å². The van der Waals surface area contributed by atoms with Crippen LogP contribution in [-0.4, -0.2) is 42.8 Å². The molecule has 0 aromatic heterocycles. The SMILES string of the molecule is CCN1CCC(COC(=O)NC(C)(C)C)CC1. The molecule has 0 unspecified atom stereocenters. The number of carbonyl (C=O) groups excluding carboxylic acids is 1. The molecule has 1 rings (SSSR count). The first-order chi connectivity index (χ1) is 7.90. The Bertz CT molecular complexity index is 240. The first-order valence-electron chi connectivity index (χ1n) is 6.58. The van der Waals surface area contributed by atoms with Gasteiger partial charge in [0.05, 0.1) is 6.61 Å². The van der Waals surface area contributed by atoms with Crippen molar-refractivity contribution in [2.75, 3.05) is 26.2 Å². The number of likely N-dealkylation sites (tertiary alicyclic amines) is 1. The molecule has 0 aliphatic carbocycles. The first-order valence-corrected chi connectivity index (χ1v) is 6.58. The van der Waals surface area contributed by atoms with E-state index in [-0.39, 0.29) is 11.6 Å². The van der Waals surface area contributed by atoms with Crippen molar-refractivity contribution in [3.05, 3.63) is 0 Å². The Morgan fingerprint density at radius 1 is 1.35 bits per heavy atom. The average Bonchev–Trinajstić information content (AvgIpc) is 2.25. The molecule has 0 bridgehead atoms. The molecule has 1 fully saturated rings. The van der Waals surface area contributed by atoms with E-state index in [0.717, 1.165) is 32.5 Å². The van der Waals surface area contributed by atoms with E-state index in [1.54, 1.807) is 0 Å². The Morgan fingerprint density at radius 3 is 2.41 bits per heavy atom. The molecule has 0 saturated carbocycles. The van der Waals surface area contributed by atoms with Gasteiger partial charge < -0.3 is 15.0 Å². The highest BCUT2D eigenvalue weighted by Gasteiger charge is 2.20. The first kappa shape index (κ1) is 14.3. The van der Waals surface area contributed by atoms with E-state index in [9.17, 15) is 4.79 Å². The maximum Gasteiger partial charge on any atom is 0.407 e. The number of hydrogen-bond acceptors (Lipinski definition) is 3. The molecule has 1 saturated heterocycles. The van der Waals surface area contributed by atoms with E-state index in [1.165, 1.54) is 0 Å². The molecule has 0 radical (unpaired) electrons. The largest absolute Gasteiger partial charge is 0.449 e. The third-order valence-electron chi connectivity index (χ3n) is 3.08. The zero-order chi connectivity index (χ0) is 12.9. The summed E-state index contributed by atoms with van der Waals surface area (Å²) < 4.78 is 5.26. The van der Waals surface area contributed by atoms with Gasteiger partial charge in [-0.2, -0.15) is 0 Å². The summed E-state index contributed by atoms with van der Waals surface area (Å²) in [6, 6.07) is 0. The van der Waals surface area contributed by atoms with Gasteiger partial charge in [0.1, 0.15) is 0 Å². The highest BCUT2D eigenvalue weighted by Crippen LogP contribution is 2.17. The van der Waals surface area contributed by atoms with E-state index >= 15 is 0 Å². The fraction of sp³-hybridized carbons (Fsp3) is 0.923. The molecule has 1 heterocycles. The van der Waals surface area contributed by atoms with Gasteiger partial charge in [-0.1, -0.05) is 6.92 Å². The van der Waals surface area contributed by atoms with Crippen molar-refractivity contribution < 1.29 is 9.53 Å². The summed E-state index contributed by atoms with van der Waals surface area (Å²) in [6.45, 7) is 12.0. The van der Waals surface area contributed by atoms with Crippen molar-refractivity contribution in [2.45, 2.75) is 46.1 Å². The summed E-state index contributed by atoms with van der Waals surface area (Å²) >= 11 is 0. The normalized spacial score (nSPS) is 19.1. The van der Waals surface area contributed by atoms with E-state index in [2.05, 4.69) is 17.1 Å². The number of alkyl carbamates (subject to hydrolysis) is 1. The molecule has 4 heteroatoms. The summed E-state index contributed by atoms with van der Waals surface area (Å²) in [4.78, 5) is 13.9. The minimum atomic E-state index is -0.296. The molecule has 0 aromatic carbocycles. The second-order valence-electron chi connectivity index (χ2n) is 5.85. The molecule has 1 aliphatic rings. The van der Waals surface area contributed by atoms with Gasteiger partial charge in [-0.15, -0.1) is 0 Å². The van der Waals surface area contributed by atoms with Crippen LogP contribution >= 0.6 is 0 Å². The van der Waals surface area contributed by atoms with E-state index in [1.807, 2.05) is 20.8 Å². The topological polar surface area (TPSA) is 41.6 Å². The Morgan fingerprint density at radius 2 is 1.94 bits per heavy atom. The Balaban J connectivity index is 2.17. The van der Waals surface area contributed by atoms with Crippen LogP contribution in [0, 0.1) is 5.92 Å². The molecule has 0 spiro atoms. The van der Waals surface area contributed by atoms with Crippen LogP contribution in [0.15, 0.2) is 0 Å². The number of hydrogen-bond donors (Lipinski definition) is 1. The van der Waals surface area contributed by atoms with Gasteiger partial charge in [-0.3, -0.25) is 0 Å². The number of nitrogens with zero attached hydrogens (tertiary/aromatic N) is 1. The molecule has 1 amide bonds. The van der Waals surface area contributed by atoms with Crippen molar-refractivity contribution in [1.82, 2.24) is 10.2 Å². The standard InChI is InChI=1S/C13H26N2O2/c1-5-15-8-6-11(7-9-15)10-17-12(16)14-13(2,3)4/h11H,5-10H2,1-4H3,(H,14,16). The molecular weight excluding hydrogens is 216 g/mol. The van der Waals surface area contributed by atoms with Crippen molar-refractivity contribution in [2.24, 2.45) is 5.92 Å². The van der Waals surface area contributed by atoms with Gasteiger partial charge in [0.2, 0.25) is 0 Å². The summed E-state index contributed by atoms with van der Waals surface area (Å²) in [5, 5.41) is 2.81. The molecule has 1 aliphatic heterocycles. The lowest BCUT2D eigenvalue weighted by atomic mass is 9.98. The monoisotopic (exact) mass is 242 g/mol. The molecule has 4 nitrogen and oxygen atoms in total. The quantitative estimate of drug-likeness (QED) is 0.825. The summed E-state index contributed by atoms with van der Waals surface area (Å²) in [6.07, 6.45) is 1.98. The van der Waals surface area contributed by atoms with Crippen LogP contribution in [0.4, 0.5) is 4.79 Å². The van der Waals surface area contributed by atoms with Gasteiger partial charge in [-0.25, -0.2) is 4.79 Å². The lowest BCUT2D eigenvalue weighted by Gasteiger charge is -2.30. The second kappa shape index (κ2) is 6.24. The number of ether oxygens (including phenoxy) is 1. The highest BCUT2D eigenvalue weighted by molar-refractivity contribution is 5.68. The fourth-order valence-corrected chi connectivity index (χ4v) is 2.01. The van der Waals surface area contributed by atoms with Crippen LogP contribution in [-0.2, 0) is 4.74 Å². The second-order valence-corrected chi connectivity index (χ2v) is 5.85. The number of carbonyl (C=O) groups is 1. The fourth-order valence-electron chi connectivity index (χ4n) is 2.01. The molecule has 0 aromatic rings. The van der Waals surface area contributed by atoms with Crippen LogP contribution in [0.5, 0.6) is 0 Å². The van der Waals surface area contributed by atoms with Gasteiger partial charge >= 0.3 is 6.09 Å². The van der Waals surface area contributed by atoms with Crippen LogP contribution in [0.3, 0.4) is 0 Å². The van der Waals surface area contributed by atoms with Gasteiger partial charge in [-0.05, 0) is 59.2 Å². The van der Waals surface area contributed by atoms with Gasteiger partial charge in [0.25, 0.3) is 0 Å². The lowest BCUT2D eigenvalue weighted by Crippen LogP contribution is -2.42. The number of amides is 1. The third kappa shape index (κ3) is 5.91.